The van der Waals surface area contributed by atoms with Gasteiger partial charge in [0.2, 0.25) is 0 Å². The van der Waals surface area contributed by atoms with Crippen molar-refractivity contribution in [2.24, 2.45) is 0 Å². The Balaban J connectivity index is 2.53. The van der Waals surface area contributed by atoms with Crippen LogP contribution in [0.2, 0.25) is 0 Å². The molecule has 0 atom stereocenters. The molecule has 0 fully saturated rings. The van der Waals surface area contributed by atoms with E-state index in [1.807, 2.05) is 0 Å². The number of ether oxygens (including phenoxy) is 1. The van der Waals surface area contributed by atoms with Gasteiger partial charge in [0.25, 0.3) is 0 Å². The zero-order valence-electron chi connectivity index (χ0n) is 9.00. The first-order valence-electron chi connectivity index (χ1n) is 5.19. The Hall–Kier alpha value is -0.960. The third kappa shape index (κ3) is 1.42. The highest BCUT2D eigenvalue weighted by molar-refractivity contribution is 5.35. The van der Waals surface area contributed by atoms with Crippen molar-refractivity contribution < 1.29 is 4.74 Å². The Labute approximate surface area is 84.5 Å². The van der Waals surface area contributed by atoms with Crippen LogP contribution in [0.25, 0.3) is 0 Å². The molecule has 0 amide bonds. The minimum absolute atomic E-state index is 0.434. The number of nitrogens with zero attached hydrogens (tertiary/aromatic N) is 2. The molecule has 1 aromatic rings. The van der Waals surface area contributed by atoms with E-state index >= 15 is 0 Å². The van der Waals surface area contributed by atoms with E-state index in [-0.39, 0.29) is 0 Å². The van der Waals surface area contributed by atoms with Gasteiger partial charge in [-0.3, -0.25) is 0 Å². The quantitative estimate of drug-likeness (QED) is 0.720. The van der Waals surface area contributed by atoms with Gasteiger partial charge < -0.3 is 4.74 Å². The summed E-state index contributed by atoms with van der Waals surface area (Å²) >= 11 is 0. The Kier molecular flexibility index (Phi) is 2.50. The van der Waals surface area contributed by atoms with Gasteiger partial charge in [-0.15, -0.1) is 0 Å². The number of hydrogen-bond acceptors (Lipinski definition) is 3. The van der Waals surface area contributed by atoms with Crippen molar-refractivity contribution in [2.75, 3.05) is 0 Å². The molecule has 0 saturated carbocycles. The fourth-order valence-electron chi connectivity index (χ4n) is 1.90. The van der Waals surface area contributed by atoms with Crippen molar-refractivity contribution >= 4 is 0 Å². The van der Waals surface area contributed by atoms with E-state index in [0.29, 0.717) is 19.1 Å². The maximum absolute atomic E-state index is 5.47. The summed E-state index contributed by atoms with van der Waals surface area (Å²) in [6.45, 7) is 7.83. The molecular formula is C11H16N2O. The molecule has 0 N–H and O–H groups in total. The Morgan fingerprint density at radius 1 is 1.21 bits per heavy atom. The standard InChI is InChI=1S/C11H16N2O/c1-4-10-8-5-14-6-9(8)11(7(2)3)13-12-10/h7H,4-6H2,1-3H3. The number of hydrogen-bond donors (Lipinski definition) is 0. The average molecular weight is 192 g/mol. The topological polar surface area (TPSA) is 35.0 Å². The van der Waals surface area contributed by atoms with Gasteiger partial charge in [0, 0.05) is 11.1 Å². The lowest BCUT2D eigenvalue weighted by Crippen LogP contribution is -2.06. The van der Waals surface area contributed by atoms with Gasteiger partial charge in [0.05, 0.1) is 24.6 Å². The van der Waals surface area contributed by atoms with Crippen LogP contribution >= 0.6 is 0 Å². The molecular weight excluding hydrogens is 176 g/mol. The molecule has 0 saturated heterocycles. The molecule has 0 unspecified atom stereocenters. The molecule has 0 bridgehead atoms. The van der Waals surface area contributed by atoms with Crippen LogP contribution in [-0.2, 0) is 24.4 Å². The van der Waals surface area contributed by atoms with Crippen molar-refractivity contribution in [1.29, 1.82) is 0 Å². The highest BCUT2D eigenvalue weighted by atomic mass is 16.5. The van der Waals surface area contributed by atoms with E-state index in [4.69, 9.17) is 4.74 Å². The summed E-state index contributed by atoms with van der Waals surface area (Å²) in [5, 5.41) is 8.55. The van der Waals surface area contributed by atoms with E-state index in [9.17, 15) is 0 Å². The molecule has 0 aromatic carbocycles. The molecule has 1 aliphatic rings. The molecule has 0 aliphatic carbocycles. The molecule has 1 aromatic heterocycles. The first-order chi connectivity index (χ1) is 6.74. The van der Waals surface area contributed by atoms with E-state index in [0.717, 1.165) is 17.8 Å². The van der Waals surface area contributed by atoms with E-state index in [1.165, 1.54) is 11.1 Å². The van der Waals surface area contributed by atoms with E-state index in [1.54, 1.807) is 0 Å². The summed E-state index contributed by atoms with van der Waals surface area (Å²) < 4.78 is 5.47. The lowest BCUT2D eigenvalue weighted by atomic mass is 10.00. The van der Waals surface area contributed by atoms with E-state index < -0.39 is 0 Å². The van der Waals surface area contributed by atoms with Gasteiger partial charge in [-0.1, -0.05) is 20.8 Å². The first-order valence-corrected chi connectivity index (χ1v) is 5.19. The van der Waals surface area contributed by atoms with Crippen LogP contribution in [0.1, 0.15) is 49.2 Å². The van der Waals surface area contributed by atoms with Gasteiger partial charge >= 0.3 is 0 Å². The van der Waals surface area contributed by atoms with Crippen molar-refractivity contribution in [3.05, 3.63) is 22.5 Å². The second-order valence-corrected chi connectivity index (χ2v) is 3.99. The van der Waals surface area contributed by atoms with Crippen molar-refractivity contribution in [3.8, 4) is 0 Å². The second-order valence-electron chi connectivity index (χ2n) is 3.99. The van der Waals surface area contributed by atoms with Crippen LogP contribution in [0.4, 0.5) is 0 Å². The molecule has 2 rings (SSSR count). The van der Waals surface area contributed by atoms with Gasteiger partial charge in [-0.2, -0.15) is 10.2 Å². The highest BCUT2D eigenvalue weighted by Gasteiger charge is 2.21. The van der Waals surface area contributed by atoms with Crippen LogP contribution in [-0.4, -0.2) is 10.2 Å². The van der Waals surface area contributed by atoms with Gasteiger partial charge in [-0.05, 0) is 12.3 Å². The molecule has 2 heterocycles. The molecule has 0 radical (unpaired) electrons. The number of fused-ring (bicyclic) bond motifs is 1. The third-order valence-corrected chi connectivity index (χ3v) is 2.67. The minimum Gasteiger partial charge on any atom is -0.372 e. The first kappa shape index (κ1) is 9.59. The van der Waals surface area contributed by atoms with Crippen molar-refractivity contribution in [3.63, 3.8) is 0 Å². The Morgan fingerprint density at radius 2 is 1.93 bits per heavy atom. The van der Waals surface area contributed by atoms with Crippen LogP contribution in [0.3, 0.4) is 0 Å². The lowest BCUT2D eigenvalue weighted by molar-refractivity contribution is 0.133. The number of aromatic nitrogens is 2. The number of aryl methyl sites for hydroxylation is 1. The predicted molar refractivity (Wildman–Crippen MR) is 54.0 cm³/mol. The van der Waals surface area contributed by atoms with Crippen LogP contribution in [0.15, 0.2) is 0 Å². The van der Waals surface area contributed by atoms with Crippen LogP contribution in [0, 0.1) is 0 Å². The summed E-state index contributed by atoms with van der Waals surface area (Å²) in [7, 11) is 0. The zero-order valence-corrected chi connectivity index (χ0v) is 9.00. The SMILES string of the molecule is CCc1nnc(C(C)C)c2c1COC2. The predicted octanol–water partition coefficient (Wildman–Crippen LogP) is 2.19. The van der Waals surface area contributed by atoms with Crippen molar-refractivity contribution in [2.45, 2.75) is 46.3 Å². The zero-order chi connectivity index (χ0) is 10.1. The third-order valence-electron chi connectivity index (χ3n) is 2.67. The lowest BCUT2D eigenvalue weighted by Gasteiger charge is -2.10. The molecule has 76 valence electrons. The summed E-state index contributed by atoms with van der Waals surface area (Å²) in [5.74, 6) is 0.434. The summed E-state index contributed by atoms with van der Waals surface area (Å²) in [5.41, 5.74) is 4.77. The average Bonchev–Trinajstić information content (AvgIpc) is 2.64. The molecule has 14 heavy (non-hydrogen) atoms. The smallest absolute Gasteiger partial charge is 0.0744 e. The molecule has 3 heteroatoms. The van der Waals surface area contributed by atoms with Crippen molar-refractivity contribution in [1.82, 2.24) is 10.2 Å². The maximum Gasteiger partial charge on any atom is 0.0744 e. The minimum atomic E-state index is 0.434. The fraction of sp³-hybridized carbons (Fsp3) is 0.636. The second kappa shape index (κ2) is 3.65. The van der Waals surface area contributed by atoms with Crippen LogP contribution < -0.4 is 0 Å². The molecule has 1 aliphatic heterocycles. The van der Waals surface area contributed by atoms with Gasteiger partial charge in [0.1, 0.15) is 0 Å². The maximum atomic E-state index is 5.47. The molecule has 0 spiro atoms. The number of rotatable bonds is 2. The normalized spacial score (nSPS) is 14.9. The van der Waals surface area contributed by atoms with Gasteiger partial charge in [-0.25, -0.2) is 0 Å². The Bertz CT molecular complexity index is 347. The largest absolute Gasteiger partial charge is 0.372 e. The summed E-state index contributed by atoms with van der Waals surface area (Å²) in [6.07, 6.45) is 0.942. The summed E-state index contributed by atoms with van der Waals surface area (Å²) in [4.78, 5) is 0. The molecule has 3 nitrogen and oxygen atoms in total. The van der Waals surface area contributed by atoms with Gasteiger partial charge in [0.15, 0.2) is 0 Å². The Morgan fingerprint density at radius 3 is 2.57 bits per heavy atom. The fourth-order valence-corrected chi connectivity index (χ4v) is 1.90. The van der Waals surface area contributed by atoms with Crippen LogP contribution in [0.5, 0.6) is 0 Å². The highest BCUT2D eigenvalue weighted by Crippen LogP contribution is 2.28. The monoisotopic (exact) mass is 192 g/mol. The van der Waals surface area contributed by atoms with E-state index in [2.05, 4.69) is 31.0 Å². The summed E-state index contributed by atoms with van der Waals surface area (Å²) in [6, 6.07) is 0.